The van der Waals surface area contributed by atoms with E-state index in [0.717, 1.165) is 73.1 Å². The molecule has 2 aromatic heterocycles. The van der Waals surface area contributed by atoms with E-state index in [0.29, 0.717) is 67.6 Å². The summed E-state index contributed by atoms with van der Waals surface area (Å²) in [7, 11) is 1.53. The average molecular weight is 873 g/mol. The van der Waals surface area contributed by atoms with Gasteiger partial charge in [-0.15, -0.1) is 0 Å². The number of benzene rings is 3. The zero-order chi connectivity index (χ0) is 44.0. The number of carbonyl (C=O) groups excluding carboxylic acids is 1. The van der Waals surface area contributed by atoms with Gasteiger partial charge in [0.15, 0.2) is 0 Å². The van der Waals surface area contributed by atoms with Gasteiger partial charge in [-0.2, -0.15) is 0 Å². The number of pyridine rings is 1. The van der Waals surface area contributed by atoms with E-state index in [-0.39, 0.29) is 23.7 Å². The molecule has 1 amide bonds. The number of ether oxygens (including phenoxy) is 3. The van der Waals surface area contributed by atoms with Crippen molar-refractivity contribution >= 4 is 29.2 Å². The van der Waals surface area contributed by atoms with E-state index in [9.17, 15) is 14.7 Å². The predicted molar refractivity (Wildman–Crippen MR) is 245 cm³/mol. The number of aromatic nitrogens is 3. The maximum absolute atomic E-state index is 13.1. The first-order valence-corrected chi connectivity index (χ1v) is 22.8. The van der Waals surface area contributed by atoms with Crippen LogP contribution in [0.1, 0.15) is 99.1 Å². The standard InChI is InChI=1S/C51H58ClN5O6/c1-33(32-63-45-16-22-53-44-13-4-8-34(2)47(44)45)24-39-27-37-14-15-42(29-43(37)50(39)17-19-51(20-18-50,48(59)60)57-41-12-6-11-40(52)28-41)62-23-7-21-54-46(58)26-35-9-5-10-36(25-35)38-30-55-49(61-3)56-31-38/h5-6,9-12,14-16,22,25,28-31,33-34,39,57H,4,7-8,13,17-21,23-24,26-27,32H2,1-3H3,(H,54,58)(H,59,60)/t33-,34-,39?,50?,51?/m1/s1. The van der Waals surface area contributed by atoms with Crippen LogP contribution in [0.25, 0.3) is 11.1 Å². The maximum atomic E-state index is 13.1. The number of nitrogens with one attached hydrogen (secondary N) is 2. The predicted octanol–water partition coefficient (Wildman–Crippen LogP) is 9.79. The first-order chi connectivity index (χ1) is 30.5. The largest absolute Gasteiger partial charge is 0.494 e. The van der Waals surface area contributed by atoms with Crippen LogP contribution in [-0.4, -0.2) is 64.3 Å². The van der Waals surface area contributed by atoms with Crippen molar-refractivity contribution in [1.29, 1.82) is 0 Å². The molecule has 3 atom stereocenters. The van der Waals surface area contributed by atoms with Crippen molar-refractivity contribution in [3.63, 3.8) is 0 Å². The van der Waals surface area contributed by atoms with E-state index in [4.69, 9.17) is 25.8 Å². The van der Waals surface area contributed by atoms with Gasteiger partial charge in [-0.1, -0.05) is 61.8 Å². The Hall–Kier alpha value is -5.68. The summed E-state index contributed by atoms with van der Waals surface area (Å²) < 4.78 is 18.0. The Bertz CT molecular complexity index is 2400. The van der Waals surface area contributed by atoms with Gasteiger partial charge in [0.25, 0.3) is 0 Å². The molecule has 1 spiro atoms. The molecule has 3 aromatic carbocycles. The molecule has 11 nitrogen and oxygen atoms in total. The number of carbonyl (C=O) groups is 2. The molecule has 1 unspecified atom stereocenters. The maximum Gasteiger partial charge on any atom is 0.329 e. The summed E-state index contributed by atoms with van der Waals surface area (Å²) in [6, 6.07) is 23.9. The quantitative estimate of drug-likeness (QED) is 0.0773. The summed E-state index contributed by atoms with van der Waals surface area (Å²) in [6.45, 7) is 6.09. The molecule has 2 heterocycles. The summed E-state index contributed by atoms with van der Waals surface area (Å²) in [5.41, 5.74) is 7.08. The van der Waals surface area contributed by atoms with Crippen LogP contribution in [0.15, 0.2) is 91.4 Å². The monoisotopic (exact) mass is 871 g/mol. The third-order valence-electron chi connectivity index (χ3n) is 13.6. The molecule has 5 aromatic rings. The lowest BCUT2D eigenvalue weighted by Crippen LogP contribution is -2.53. The lowest BCUT2D eigenvalue weighted by molar-refractivity contribution is -0.144. The van der Waals surface area contributed by atoms with E-state index in [1.807, 2.05) is 48.7 Å². The minimum Gasteiger partial charge on any atom is -0.494 e. The average Bonchev–Trinajstić information content (AvgIpc) is 3.57. The lowest BCUT2D eigenvalue weighted by atomic mass is 9.59. The Morgan fingerprint density at radius 1 is 0.952 bits per heavy atom. The van der Waals surface area contributed by atoms with Crippen LogP contribution in [-0.2, 0) is 34.3 Å². The number of halogens is 1. The number of nitrogens with zero attached hydrogens (tertiary/aromatic N) is 3. The first kappa shape index (κ1) is 43.9. The number of carboxylic acids is 1. The molecule has 0 aliphatic heterocycles. The molecule has 63 heavy (non-hydrogen) atoms. The molecule has 3 aliphatic carbocycles. The van der Waals surface area contributed by atoms with Crippen LogP contribution in [0.3, 0.4) is 0 Å². The second-order valence-electron chi connectivity index (χ2n) is 17.9. The van der Waals surface area contributed by atoms with Crippen molar-refractivity contribution in [2.75, 3.05) is 32.2 Å². The Balaban J connectivity index is 0.919. The van der Waals surface area contributed by atoms with E-state index in [1.165, 1.54) is 29.5 Å². The van der Waals surface area contributed by atoms with Crippen molar-refractivity contribution in [2.45, 2.75) is 101 Å². The summed E-state index contributed by atoms with van der Waals surface area (Å²) in [6.07, 6.45) is 13.8. The number of hydrogen-bond acceptors (Lipinski definition) is 9. The molecule has 0 bridgehead atoms. The van der Waals surface area contributed by atoms with Crippen LogP contribution < -0.4 is 24.8 Å². The summed E-state index contributed by atoms with van der Waals surface area (Å²) in [5.74, 6) is 1.88. The number of anilines is 1. The highest BCUT2D eigenvalue weighted by molar-refractivity contribution is 6.30. The molecule has 330 valence electrons. The minimum atomic E-state index is -1.11. The minimum absolute atomic E-state index is 0.0578. The zero-order valence-electron chi connectivity index (χ0n) is 36.5. The Kier molecular flexibility index (Phi) is 13.5. The Labute approximate surface area is 375 Å². The normalized spacial score (nSPS) is 21.8. The number of aryl methyl sites for hydroxylation is 1. The van der Waals surface area contributed by atoms with E-state index in [1.54, 1.807) is 24.5 Å². The molecule has 0 radical (unpaired) electrons. The highest BCUT2D eigenvalue weighted by Gasteiger charge is 2.54. The second-order valence-corrected chi connectivity index (χ2v) is 18.3. The van der Waals surface area contributed by atoms with Crippen LogP contribution in [0.4, 0.5) is 5.69 Å². The number of fused-ring (bicyclic) bond motifs is 3. The summed E-state index contributed by atoms with van der Waals surface area (Å²) in [5, 5.41) is 17.7. The van der Waals surface area contributed by atoms with E-state index >= 15 is 0 Å². The van der Waals surface area contributed by atoms with Crippen molar-refractivity contribution in [1.82, 2.24) is 20.3 Å². The molecular formula is C51H58ClN5O6. The lowest BCUT2D eigenvalue weighted by Gasteiger charge is -2.47. The smallest absolute Gasteiger partial charge is 0.329 e. The zero-order valence-corrected chi connectivity index (χ0v) is 37.3. The van der Waals surface area contributed by atoms with Crippen molar-refractivity contribution < 1.29 is 28.9 Å². The van der Waals surface area contributed by atoms with Crippen LogP contribution in [0.2, 0.25) is 5.02 Å². The fraction of sp³-hybridized carbons (Fsp3) is 0.431. The van der Waals surface area contributed by atoms with Gasteiger partial charge >= 0.3 is 12.0 Å². The van der Waals surface area contributed by atoms with Gasteiger partial charge < -0.3 is 30.0 Å². The van der Waals surface area contributed by atoms with E-state index in [2.05, 4.69) is 57.6 Å². The number of aliphatic carboxylic acids is 1. The number of carboxylic acid groups (broad SMARTS) is 1. The fourth-order valence-corrected chi connectivity index (χ4v) is 10.5. The molecule has 3 aliphatic rings. The fourth-order valence-electron chi connectivity index (χ4n) is 10.3. The van der Waals surface area contributed by atoms with Gasteiger partial charge in [0.1, 0.15) is 17.0 Å². The van der Waals surface area contributed by atoms with Crippen LogP contribution >= 0.6 is 11.6 Å². The Morgan fingerprint density at radius 3 is 2.54 bits per heavy atom. The molecule has 8 rings (SSSR count). The third-order valence-corrected chi connectivity index (χ3v) is 13.8. The molecule has 1 fully saturated rings. The van der Waals surface area contributed by atoms with Crippen molar-refractivity contribution in [2.24, 2.45) is 11.8 Å². The number of hydrogen-bond donors (Lipinski definition) is 3. The Morgan fingerprint density at radius 2 is 1.76 bits per heavy atom. The van der Waals surface area contributed by atoms with Crippen molar-refractivity contribution in [3.05, 3.63) is 124 Å². The summed E-state index contributed by atoms with van der Waals surface area (Å²) >= 11 is 6.32. The molecule has 12 heteroatoms. The number of amides is 1. The first-order valence-electron chi connectivity index (χ1n) is 22.4. The van der Waals surface area contributed by atoms with Gasteiger partial charge in [-0.05, 0) is 146 Å². The van der Waals surface area contributed by atoms with Gasteiger partial charge in [0.05, 0.1) is 26.7 Å². The number of rotatable bonds is 17. The number of methoxy groups -OCH3 is 1. The van der Waals surface area contributed by atoms with Gasteiger partial charge in [-0.25, -0.2) is 14.8 Å². The SMILES string of the molecule is COc1ncc(-c2cccc(CC(=O)NCCCOc3ccc4c(c3)C3(CCC(Nc5cccc(Cl)c5)(C(=O)O)CC3)C(C[C@@H](C)COc3ccnc5c3[C@H](C)CCC5)C4)c2)cn1. The van der Waals surface area contributed by atoms with Gasteiger partial charge in [0, 0.05) is 52.7 Å². The highest BCUT2D eigenvalue weighted by atomic mass is 35.5. The molecule has 1 saturated carbocycles. The second kappa shape index (κ2) is 19.4. The summed E-state index contributed by atoms with van der Waals surface area (Å²) in [4.78, 5) is 39.1. The molecule has 3 N–H and O–H groups in total. The van der Waals surface area contributed by atoms with Crippen LogP contribution in [0.5, 0.6) is 17.5 Å². The van der Waals surface area contributed by atoms with E-state index < -0.39 is 11.5 Å². The highest BCUT2D eigenvalue weighted by Crippen LogP contribution is 2.57. The van der Waals surface area contributed by atoms with Gasteiger partial charge in [0.2, 0.25) is 5.91 Å². The third kappa shape index (κ3) is 9.94. The van der Waals surface area contributed by atoms with Crippen molar-refractivity contribution in [3.8, 4) is 28.6 Å². The van der Waals surface area contributed by atoms with Crippen LogP contribution in [0, 0.1) is 11.8 Å². The molecular weight excluding hydrogens is 814 g/mol. The molecule has 0 saturated heterocycles. The van der Waals surface area contributed by atoms with Gasteiger partial charge in [-0.3, -0.25) is 9.78 Å². The topological polar surface area (TPSA) is 145 Å².